The van der Waals surface area contributed by atoms with Crippen LogP contribution in [0.1, 0.15) is 5.56 Å². The molecule has 1 aromatic heterocycles. The smallest absolute Gasteiger partial charge is 0.153 e. The molecule has 4 heteroatoms. The van der Waals surface area contributed by atoms with Gasteiger partial charge < -0.3 is 5.11 Å². The van der Waals surface area contributed by atoms with Crippen LogP contribution in [0.4, 0.5) is 0 Å². The topological polar surface area (TPSA) is 38.1 Å². The molecule has 1 N–H and O–H groups in total. The molecule has 0 bridgehead atoms. The molecule has 0 saturated carbocycles. The Morgan fingerprint density at radius 2 is 2.31 bits per heavy atom. The summed E-state index contributed by atoms with van der Waals surface area (Å²) in [7, 11) is 0. The molecule has 0 amide bonds. The van der Waals surface area contributed by atoms with Crippen LogP contribution in [-0.4, -0.2) is 20.1 Å². The zero-order valence-electron chi connectivity index (χ0n) is 8.71. The van der Waals surface area contributed by atoms with Gasteiger partial charge in [0.05, 0.1) is 18.9 Å². The molecule has 0 radical (unpaired) electrons. The van der Waals surface area contributed by atoms with Crippen LogP contribution in [0.15, 0.2) is 41.6 Å². The molecular formula is C12H12N2OS. The van der Waals surface area contributed by atoms with Crippen molar-refractivity contribution in [1.82, 2.24) is 9.78 Å². The molecule has 1 aliphatic rings. The van der Waals surface area contributed by atoms with Gasteiger partial charge in [-0.05, 0) is 18.1 Å². The van der Waals surface area contributed by atoms with Crippen LogP contribution in [0.5, 0.6) is 5.75 Å². The molecule has 16 heavy (non-hydrogen) atoms. The molecule has 0 saturated heterocycles. The average Bonchev–Trinajstić information content (AvgIpc) is 2.84. The predicted octanol–water partition coefficient (Wildman–Crippen LogP) is 2.31. The van der Waals surface area contributed by atoms with Gasteiger partial charge in [-0.15, -0.1) is 11.8 Å². The van der Waals surface area contributed by atoms with E-state index in [2.05, 4.69) is 29.4 Å². The summed E-state index contributed by atoms with van der Waals surface area (Å²) >= 11 is 1.90. The van der Waals surface area contributed by atoms with E-state index in [9.17, 15) is 5.11 Å². The van der Waals surface area contributed by atoms with Gasteiger partial charge in [0.25, 0.3) is 0 Å². The van der Waals surface area contributed by atoms with Crippen LogP contribution in [0.2, 0.25) is 0 Å². The molecule has 0 spiro atoms. The zero-order valence-corrected chi connectivity index (χ0v) is 9.52. The summed E-state index contributed by atoms with van der Waals surface area (Å²) in [6.45, 7) is 0.847. The van der Waals surface area contributed by atoms with Crippen molar-refractivity contribution in [3.05, 3.63) is 42.2 Å². The van der Waals surface area contributed by atoms with Crippen molar-refractivity contribution < 1.29 is 5.11 Å². The van der Waals surface area contributed by atoms with E-state index < -0.39 is 0 Å². The summed E-state index contributed by atoms with van der Waals surface area (Å²) < 4.78 is 1.80. The fraction of sp³-hybridized carbons (Fsp3) is 0.250. The van der Waals surface area contributed by atoms with Gasteiger partial charge in [-0.2, -0.15) is 5.10 Å². The van der Waals surface area contributed by atoms with E-state index in [1.54, 1.807) is 10.9 Å². The van der Waals surface area contributed by atoms with Gasteiger partial charge in [0.2, 0.25) is 0 Å². The van der Waals surface area contributed by atoms with E-state index in [1.165, 1.54) is 16.7 Å². The third-order valence-electron chi connectivity index (χ3n) is 2.72. The van der Waals surface area contributed by atoms with E-state index in [-0.39, 0.29) is 5.75 Å². The minimum atomic E-state index is 0.237. The first-order valence-electron chi connectivity index (χ1n) is 5.27. The number of benzene rings is 1. The Morgan fingerprint density at radius 1 is 1.44 bits per heavy atom. The van der Waals surface area contributed by atoms with E-state index >= 15 is 0 Å². The average molecular weight is 232 g/mol. The Kier molecular flexibility index (Phi) is 2.36. The maximum Gasteiger partial charge on any atom is 0.153 e. The van der Waals surface area contributed by atoms with Crippen LogP contribution < -0.4 is 0 Å². The minimum Gasteiger partial charge on any atom is -0.505 e. The molecule has 3 rings (SSSR count). The van der Waals surface area contributed by atoms with E-state index in [0.29, 0.717) is 5.25 Å². The first kappa shape index (κ1) is 9.78. The van der Waals surface area contributed by atoms with Gasteiger partial charge in [0.15, 0.2) is 5.75 Å². The lowest BCUT2D eigenvalue weighted by atomic mass is 10.1. The molecule has 1 aromatic carbocycles. The summed E-state index contributed by atoms with van der Waals surface area (Å²) in [5, 5.41) is 13.8. The Labute approximate surface area is 98.1 Å². The molecule has 3 nitrogen and oxygen atoms in total. The van der Waals surface area contributed by atoms with Gasteiger partial charge in [-0.1, -0.05) is 18.2 Å². The van der Waals surface area contributed by atoms with Gasteiger partial charge in [0, 0.05) is 10.1 Å². The highest BCUT2D eigenvalue weighted by molar-refractivity contribution is 8.00. The second kappa shape index (κ2) is 3.87. The summed E-state index contributed by atoms with van der Waals surface area (Å²) in [5.74, 6) is 0.237. The van der Waals surface area contributed by atoms with Crippen molar-refractivity contribution in [2.75, 3.05) is 0 Å². The fourth-order valence-electron chi connectivity index (χ4n) is 2.02. The summed E-state index contributed by atoms with van der Waals surface area (Å²) in [4.78, 5) is 1.38. The molecule has 1 unspecified atom stereocenters. The summed E-state index contributed by atoms with van der Waals surface area (Å²) in [6.07, 6.45) is 4.23. The Morgan fingerprint density at radius 3 is 3.06 bits per heavy atom. The predicted molar refractivity (Wildman–Crippen MR) is 63.7 cm³/mol. The van der Waals surface area contributed by atoms with E-state index in [4.69, 9.17) is 0 Å². The first-order chi connectivity index (χ1) is 7.81. The van der Waals surface area contributed by atoms with Crippen LogP contribution >= 0.6 is 11.8 Å². The third-order valence-corrected chi connectivity index (χ3v) is 4.03. The fourth-order valence-corrected chi connectivity index (χ4v) is 3.33. The lowest BCUT2D eigenvalue weighted by Crippen LogP contribution is -2.12. The molecule has 0 aliphatic carbocycles. The normalized spacial score (nSPS) is 18.6. The third kappa shape index (κ3) is 1.80. The van der Waals surface area contributed by atoms with Crippen molar-refractivity contribution in [3.8, 4) is 5.75 Å². The Balaban J connectivity index is 1.72. The lowest BCUT2D eigenvalue weighted by Gasteiger charge is -2.07. The summed E-state index contributed by atoms with van der Waals surface area (Å²) in [6, 6.07) is 8.51. The maximum absolute atomic E-state index is 9.21. The number of aromatic nitrogens is 2. The standard InChI is InChI=1S/C12H12N2OS/c15-10-6-13-14(7-10)8-11-5-9-3-1-2-4-12(9)16-11/h1-4,6-7,11,15H,5,8H2. The monoisotopic (exact) mass is 232 g/mol. The number of hydrogen-bond acceptors (Lipinski definition) is 3. The van der Waals surface area contributed by atoms with Gasteiger partial charge in [0.1, 0.15) is 0 Å². The van der Waals surface area contributed by atoms with Crippen molar-refractivity contribution in [3.63, 3.8) is 0 Å². The molecule has 2 heterocycles. The molecule has 1 aliphatic heterocycles. The van der Waals surface area contributed by atoms with Crippen LogP contribution in [0.25, 0.3) is 0 Å². The first-order valence-corrected chi connectivity index (χ1v) is 6.15. The molecule has 2 aromatic rings. The number of thioether (sulfide) groups is 1. The SMILES string of the molecule is Oc1cnn(CC2Cc3ccccc3S2)c1. The lowest BCUT2D eigenvalue weighted by molar-refractivity contribution is 0.473. The van der Waals surface area contributed by atoms with Crippen LogP contribution in [0.3, 0.4) is 0 Å². The maximum atomic E-state index is 9.21. The van der Waals surface area contributed by atoms with Crippen molar-refractivity contribution in [2.45, 2.75) is 23.1 Å². The molecular weight excluding hydrogens is 220 g/mol. The van der Waals surface area contributed by atoms with Gasteiger partial charge in [-0.3, -0.25) is 4.68 Å². The molecule has 0 fully saturated rings. The number of fused-ring (bicyclic) bond motifs is 1. The van der Waals surface area contributed by atoms with Crippen molar-refractivity contribution in [1.29, 1.82) is 0 Å². The molecule has 1 atom stereocenters. The van der Waals surface area contributed by atoms with Gasteiger partial charge in [-0.25, -0.2) is 0 Å². The largest absolute Gasteiger partial charge is 0.505 e. The van der Waals surface area contributed by atoms with Crippen molar-refractivity contribution >= 4 is 11.8 Å². The van der Waals surface area contributed by atoms with Crippen molar-refractivity contribution in [2.24, 2.45) is 0 Å². The quantitative estimate of drug-likeness (QED) is 0.863. The minimum absolute atomic E-state index is 0.237. The van der Waals surface area contributed by atoms with Crippen LogP contribution in [0, 0.1) is 0 Å². The number of aromatic hydroxyl groups is 1. The summed E-state index contributed by atoms with van der Waals surface area (Å²) in [5.41, 5.74) is 1.42. The highest BCUT2D eigenvalue weighted by Crippen LogP contribution is 2.37. The Bertz CT molecular complexity index is 484. The van der Waals surface area contributed by atoms with E-state index in [1.807, 2.05) is 11.8 Å². The Hall–Kier alpha value is -1.42. The number of hydrogen-bond donors (Lipinski definition) is 1. The van der Waals surface area contributed by atoms with E-state index in [0.717, 1.165) is 13.0 Å². The second-order valence-corrected chi connectivity index (χ2v) is 5.31. The van der Waals surface area contributed by atoms with Crippen LogP contribution in [-0.2, 0) is 13.0 Å². The van der Waals surface area contributed by atoms with Gasteiger partial charge >= 0.3 is 0 Å². The second-order valence-electron chi connectivity index (χ2n) is 3.97. The number of nitrogens with zero attached hydrogens (tertiary/aromatic N) is 2. The highest BCUT2D eigenvalue weighted by atomic mass is 32.2. The zero-order chi connectivity index (χ0) is 11.0. The highest BCUT2D eigenvalue weighted by Gasteiger charge is 2.22. The number of rotatable bonds is 2. The molecule has 82 valence electrons.